The van der Waals surface area contributed by atoms with Crippen molar-refractivity contribution in [3.8, 4) is 0 Å². The molecular weight excluding hydrogens is 628 g/mol. The van der Waals surface area contributed by atoms with Gasteiger partial charge in [-0.3, -0.25) is 9.59 Å². The van der Waals surface area contributed by atoms with Gasteiger partial charge in [-0.1, -0.05) is 66.3 Å². The second-order valence-electron chi connectivity index (χ2n) is 10.7. The lowest BCUT2D eigenvalue weighted by atomic mass is 9.97. The van der Waals surface area contributed by atoms with Crippen molar-refractivity contribution >= 4 is 68.4 Å². The quantitative estimate of drug-likeness (QED) is 0.0239. The fraction of sp³-hybridized carbons (Fsp3) is 0.128. The molecule has 0 aliphatic carbocycles. The largest absolute Gasteiger partial charge is 0.365 e. The Morgan fingerprint density at radius 2 is 1.57 bits per heavy atom. The van der Waals surface area contributed by atoms with E-state index in [1.54, 1.807) is 18.2 Å². The molecule has 0 amide bonds. The van der Waals surface area contributed by atoms with Gasteiger partial charge in [0.1, 0.15) is 5.71 Å². The van der Waals surface area contributed by atoms with Crippen molar-refractivity contribution in [2.24, 2.45) is 5.16 Å². The molecule has 5 aromatic rings. The molecule has 0 spiro atoms. The number of carbonyl (C=O) groups is 3. The monoisotopic (exact) mass is 660 g/mol. The normalized spacial score (nSPS) is 11.9. The van der Waals surface area contributed by atoms with Crippen LogP contribution in [-0.4, -0.2) is 33.6 Å². The third kappa shape index (κ3) is 7.38. The molecule has 1 aromatic heterocycles. The number of aryl methyl sites for hydroxylation is 2. The Labute approximate surface area is 283 Å². The van der Waals surface area contributed by atoms with E-state index in [4.69, 9.17) is 16.4 Å². The van der Waals surface area contributed by atoms with E-state index in [2.05, 4.69) is 29.8 Å². The zero-order valence-corrected chi connectivity index (χ0v) is 27.7. The molecule has 47 heavy (non-hydrogen) atoms. The Kier molecular flexibility index (Phi) is 10.7. The first-order valence-electron chi connectivity index (χ1n) is 15.1. The molecule has 6 nitrogen and oxygen atoms in total. The molecule has 8 heteroatoms. The van der Waals surface area contributed by atoms with E-state index in [0.29, 0.717) is 34.0 Å². The van der Waals surface area contributed by atoms with Crippen LogP contribution >= 0.6 is 23.4 Å². The molecular formula is C39H33ClN2O4S. The summed E-state index contributed by atoms with van der Waals surface area (Å²) in [5, 5.41) is 6.38. The molecule has 0 saturated heterocycles. The summed E-state index contributed by atoms with van der Waals surface area (Å²) in [4.78, 5) is 46.3. The summed E-state index contributed by atoms with van der Waals surface area (Å²) in [6.07, 6.45) is 4.47. The van der Waals surface area contributed by atoms with Crippen LogP contribution in [0.4, 0.5) is 0 Å². The number of oxime groups is 1. The number of allylic oxidation sites excluding steroid dienone is 2. The highest BCUT2D eigenvalue weighted by Gasteiger charge is 2.21. The topological polar surface area (TPSA) is 77.7 Å². The molecule has 0 bridgehead atoms. The molecule has 0 fully saturated rings. The number of nitrogens with zero attached hydrogens (tertiary/aromatic N) is 2. The fourth-order valence-electron chi connectivity index (χ4n) is 5.37. The number of thioether (sulfide) groups is 1. The Balaban J connectivity index is 1.52. The number of hydrogen-bond donors (Lipinski definition) is 0. The van der Waals surface area contributed by atoms with Gasteiger partial charge in [0.05, 0.1) is 5.57 Å². The fourth-order valence-corrected chi connectivity index (χ4v) is 6.36. The first-order chi connectivity index (χ1) is 22.7. The van der Waals surface area contributed by atoms with E-state index in [0.717, 1.165) is 32.3 Å². The molecule has 0 radical (unpaired) electrons. The van der Waals surface area contributed by atoms with Crippen LogP contribution in [0.2, 0.25) is 5.02 Å². The van der Waals surface area contributed by atoms with Crippen molar-refractivity contribution in [2.75, 3.05) is 5.75 Å². The van der Waals surface area contributed by atoms with Gasteiger partial charge >= 0.3 is 5.97 Å². The van der Waals surface area contributed by atoms with E-state index in [1.807, 2.05) is 73.7 Å². The summed E-state index contributed by atoms with van der Waals surface area (Å²) >= 11 is 7.55. The maximum absolute atomic E-state index is 14.0. The number of halogens is 1. The van der Waals surface area contributed by atoms with Gasteiger partial charge in [0, 0.05) is 67.1 Å². The minimum Gasteiger partial charge on any atom is -0.341 e. The number of hydrogen-bond acceptors (Lipinski definition) is 6. The molecule has 0 N–H and O–H groups in total. The van der Waals surface area contributed by atoms with Crippen molar-refractivity contribution in [1.29, 1.82) is 0 Å². The number of rotatable bonds is 13. The van der Waals surface area contributed by atoms with E-state index in [1.165, 1.54) is 30.0 Å². The Hall–Kier alpha value is -4.98. The van der Waals surface area contributed by atoms with Crippen molar-refractivity contribution < 1.29 is 19.2 Å². The lowest BCUT2D eigenvalue weighted by Gasteiger charge is -2.08. The molecule has 0 atom stereocenters. The average Bonchev–Trinajstić information content (AvgIpc) is 3.41. The second-order valence-corrected chi connectivity index (χ2v) is 12.3. The molecule has 0 aliphatic rings. The van der Waals surface area contributed by atoms with Gasteiger partial charge in [-0.25, -0.2) is 4.79 Å². The summed E-state index contributed by atoms with van der Waals surface area (Å²) < 4.78 is 2.16. The number of carbonyl (C=O) groups excluding carboxylic acids is 3. The summed E-state index contributed by atoms with van der Waals surface area (Å²) in [6.45, 7) is 11.9. The van der Waals surface area contributed by atoms with Crippen molar-refractivity contribution in [3.63, 3.8) is 0 Å². The zero-order valence-electron chi connectivity index (χ0n) is 26.2. The molecule has 1 heterocycles. The number of Topliss-reactive ketones (excluding diaryl/α,β-unsaturated/α-hetero) is 1. The average molecular weight is 661 g/mol. The summed E-state index contributed by atoms with van der Waals surface area (Å²) in [5.74, 6) is -0.674. The molecule has 0 aliphatic heterocycles. The van der Waals surface area contributed by atoms with Gasteiger partial charge in [-0.15, -0.1) is 11.8 Å². The maximum atomic E-state index is 14.0. The van der Waals surface area contributed by atoms with Crippen LogP contribution in [0.25, 0.3) is 21.8 Å². The number of benzene rings is 4. The van der Waals surface area contributed by atoms with Crippen LogP contribution in [0.1, 0.15) is 45.2 Å². The predicted octanol–water partition coefficient (Wildman–Crippen LogP) is 9.57. The predicted molar refractivity (Wildman–Crippen MR) is 193 cm³/mol. The highest BCUT2D eigenvalue weighted by atomic mass is 35.5. The number of fused-ring (bicyclic) bond motifs is 3. The van der Waals surface area contributed by atoms with Crippen molar-refractivity contribution in [3.05, 3.63) is 149 Å². The summed E-state index contributed by atoms with van der Waals surface area (Å²) in [7, 11) is 0. The maximum Gasteiger partial charge on any atom is 0.365 e. The van der Waals surface area contributed by atoms with Gasteiger partial charge in [-0.2, -0.15) is 0 Å². The van der Waals surface area contributed by atoms with Crippen LogP contribution in [0.15, 0.2) is 132 Å². The second kappa shape index (κ2) is 15.1. The van der Waals surface area contributed by atoms with Crippen LogP contribution in [0, 0.1) is 6.92 Å². The van der Waals surface area contributed by atoms with E-state index < -0.39 is 5.97 Å². The first kappa shape index (κ1) is 33.4. The van der Waals surface area contributed by atoms with E-state index >= 15 is 0 Å². The highest BCUT2D eigenvalue weighted by Crippen LogP contribution is 2.32. The Morgan fingerprint density at radius 1 is 0.915 bits per heavy atom. The van der Waals surface area contributed by atoms with Gasteiger partial charge < -0.3 is 9.40 Å². The smallest absolute Gasteiger partial charge is 0.341 e. The SMILES string of the molecule is C=C/C=C(\C=C)C(=O)O/N=C(\CCSc1ccc(Cl)cc1)C(=O)c1ccc2c(c1)c1cc(C(=O)c3ccccc3C)ccc1n2CC. The summed E-state index contributed by atoms with van der Waals surface area (Å²) in [6, 6.07) is 26.1. The van der Waals surface area contributed by atoms with E-state index in [9.17, 15) is 14.4 Å². The van der Waals surface area contributed by atoms with Crippen LogP contribution in [0.5, 0.6) is 0 Å². The van der Waals surface area contributed by atoms with Crippen molar-refractivity contribution in [2.45, 2.75) is 31.7 Å². The first-order valence-corrected chi connectivity index (χ1v) is 16.4. The van der Waals surface area contributed by atoms with Crippen molar-refractivity contribution in [1.82, 2.24) is 4.57 Å². The Morgan fingerprint density at radius 3 is 2.21 bits per heavy atom. The van der Waals surface area contributed by atoms with Gasteiger partial charge in [0.2, 0.25) is 5.78 Å². The van der Waals surface area contributed by atoms with Gasteiger partial charge in [-0.05, 0) is 86.2 Å². The zero-order chi connectivity index (χ0) is 33.5. The van der Waals surface area contributed by atoms with Crippen LogP contribution in [0.3, 0.4) is 0 Å². The number of aromatic nitrogens is 1. The molecule has 4 aromatic carbocycles. The minimum absolute atomic E-state index is 0.0616. The van der Waals surface area contributed by atoms with Gasteiger partial charge in [0.15, 0.2) is 5.78 Å². The third-order valence-electron chi connectivity index (χ3n) is 7.77. The van der Waals surface area contributed by atoms with Crippen LogP contribution in [-0.2, 0) is 16.2 Å². The molecule has 236 valence electrons. The summed E-state index contributed by atoms with van der Waals surface area (Å²) in [5.41, 5.74) is 4.67. The number of ketones is 2. The lowest BCUT2D eigenvalue weighted by molar-refractivity contribution is -0.138. The minimum atomic E-state index is -0.747. The highest BCUT2D eigenvalue weighted by molar-refractivity contribution is 7.99. The molecule has 0 unspecified atom stereocenters. The lowest BCUT2D eigenvalue weighted by Crippen LogP contribution is -2.17. The van der Waals surface area contributed by atoms with E-state index in [-0.39, 0.29) is 29.3 Å². The van der Waals surface area contributed by atoms with Gasteiger partial charge in [0.25, 0.3) is 0 Å². The van der Waals surface area contributed by atoms with Crippen LogP contribution < -0.4 is 0 Å². The molecule has 0 saturated carbocycles. The third-order valence-corrected chi connectivity index (χ3v) is 9.04. The Bertz CT molecular complexity index is 2090. The standard InChI is InChI=1S/C39H33ClN2O4S/c1-5-10-26(6-2)39(45)46-41-34(21-22-47-30-17-15-29(40)16-18-30)38(44)28-14-20-36-33(24-28)32-23-27(13-19-35(32)42(36)7-3)37(43)31-12-9-8-11-25(31)4/h5-6,8-20,23-24H,1-2,7,21-22H2,3-4H3/b26-10+,41-34+. The molecule has 5 rings (SSSR count).